The maximum atomic E-state index is 13.4. The number of carboxylic acid groups (broad SMARTS) is 1. The molecular weight excluding hydrogens is 470 g/mol. The number of benzene rings is 3. The Morgan fingerprint density at radius 2 is 1.65 bits per heavy atom. The molecule has 1 aliphatic rings. The second kappa shape index (κ2) is 10.7. The standard InChI is InChI=1S/C30H29NO6/c1-4-37-24-15-12-21(17-23(24)18(2)3)28(34)26-27(20-8-6-5-7-9-20)31(30(36)29(26)35)22-13-10-19(11-14-22)16-25(32)33/h5-15,17-18,27,34H,4,16H2,1-3H3,(H,32,33)/b28-26-. The number of hydrogen-bond acceptors (Lipinski definition) is 5. The first-order valence-corrected chi connectivity index (χ1v) is 12.2. The van der Waals surface area contributed by atoms with E-state index in [0.29, 0.717) is 34.7 Å². The summed E-state index contributed by atoms with van der Waals surface area (Å²) in [6.45, 7) is 6.42. The van der Waals surface area contributed by atoms with Crippen molar-refractivity contribution in [3.63, 3.8) is 0 Å². The number of aliphatic carboxylic acids is 1. The van der Waals surface area contributed by atoms with Gasteiger partial charge in [0.1, 0.15) is 11.5 Å². The van der Waals surface area contributed by atoms with E-state index in [1.165, 1.54) is 4.90 Å². The highest BCUT2D eigenvalue weighted by Gasteiger charge is 2.47. The molecule has 37 heavy (non-hydrogen) atoms. The van der Waals surface area contributed by atoms with Gasteiger partial charge in [-0.05, 0) is 59.9 Å². The molecule has 4 rings (SSSR count). The van der Waals surface area contributed by atoms with Gasteiger partial charge in [-0.15, -0.1) is 0 Å². The highest BCUT2D eigenvalue weighted by molar-refractivity contribution is 6.51. The number of ketones is 1. The van der Waals surface area contributed by atoms with Crippen LogP contribution in [0.3, 0.4) is 0 Å². The SMILES string of the molecule is CCOc1ccc(/C(O)=C2/C(=O)C(=O)N(c3ccc(CC(=O)O)cc3)C2c2ccccc2)cc1C(C)C. The van der Waals surface area contributed by atoms with Gasteiger partial charge in [0.2, 0.25) is 0 Å². The Hall–Kier alpha value is -4.39. The van der Waals surface area contributed by atoms with Gasteiger partial charge in [0.05, 0.1) is 24.6 Å². The van der Waals surface area contributed by atoms with Crippen LogP contribution in [-0.4, -0.2) is 34.5 Å². The lowest BCUT2D eigenvalue weighted by Gasteiger charge is -2.25. The number of rotatable bonds is 8. The molecule has 1 aliphatic heterocycles. The predicted molar refractivity (Wildman–Crippen MR) is 141 cm³/mol. The third kappa shape index (κ3) is 5.11. The fourth-order valence-corrected chi connectivity index (χ4v) is 4.59. The maximum absolute atomic E-state index is 13.4. The van der Waals surface area contributed by atoms with Gasteiger partial charge in [-0.3, -0.25) is 19.3 Å². The third-order valence-electron chi connectivity index (χ3n) is 6.33. The van der Waals surface area contributed by atoms with Gasteiger partial charge in [-0.2, -0.15) is 0 Å². The van der Waals surface area contributed by atoms with Crippen molar-refractivity contribution in [2.24, 2.45) is 0 Å². The first-order chi connectivity index (χ1) is 17.7. The van der Waals surface area contributed by atoms with Gasteiger partial charge >= 0.3 is 5.97 Å². The lowest BCUT2D eigenvalue weighted by Crippen LogP contribution is -2.29. The van der Waals surface area contributed by atoms with E-state index in [-0.39, 0.29) is 23.7 Å². The monoisotopic (exact) mass is 499 g/mol. The zero-order chi connectivity index (χ0) is 26.7. The second-order valence-electron chi connectivity index (χ2n) is 9.16. The van der Waals surface area contributed by atoms with Crippen molar-refractivity contribution >= 4 is 29.1 Å². The maximum Gasteiger partial charge on any atom is 0.307 e. The number of carboxylic acids is 1. The fourth-order valence-electron chi connectivity index (χ4n) is 4.59. The first-order valence-electron chi connectivity index (χ1n) is 12.2. The smallest absolute Gasteiger partial charge is 0.307 e. The van der Waals surface area contributed by atoms with E-state index in [4.69, 9.17) is 9.84 Å². The summed E-state index contributed by atoms with van der Waals surface area (Å²) in [5.74, 6) is -1.98. The Bertz CT molecular complexity index is 1360. The second-order valence-corrected chi connectivity index (χ2v) is 9.16. The molecule has 0 radical (unpaired) electrons. The van der Waals surface area contributed by atoms with E-state index < -0.39 is 23.7 Å². The number of Topliss-reactive ketones (excluding diaryl/α,β-unsaturated/α-hetero) is 1. The summed E-state index contributed by atoms with van der Waals surface area (Å²) in [4.78, 5) is 39.1. The van der Waals surface area contributed by atoms with Crippen molar-refractivity contribution in [3.8, 4) is 5.75 Å². The van der Waals surface area contributed by atoms with Crippen LogP contribution >= 0.6 is 0 Å². The summed E-state index contributed by atoms with van der Waals surface area (Å²) in [5.41, 5.74) is 2.95. The molecule has 1 unspecified atom stereocenters. The quantitative estimate of drug-likeness (QED) is 0.242. The number of carbonyl (C=O) groups excluding carboxylic acids is 2. The van der Waals surface area contributed by atoms with Crippen LogP contribution < -0.4 is 9.64 Å². The molecule has 0 saturated carbocycles. The number of carbonyl (C=O) groups is 3. The van der Waals surface area contributed by atoms with Crippen molar-refractivity contribution in [1.82, 2.24) is 0 Å². The van der Waals surface area contributed by atoms with E-state index in [0.717, 1.165) is 5.56 Å². The Kier molecular flexibility index (Phi) is 7.43. The number of ether oxygens (including phenoxy) is 1. The Morgan fingerprint density at radius 3 is 2.24 bits per heavy atom. The zero-order valence-corrected chi connectivity index (χ0v) is 21.0. The molecular formula is C30H29NO6. The zero-order valence-electron chi connectivity index (χ0n) is 21.0. The molecule has 1 amide bonds. The lowest BCUT2D eigenvalue weighted by atomic mass is 9.93. The van der Waals surface area contributed by atoms with Crippen LogP contribution in [0.5, 0.6) is 5.75 Å². The van der Waals surface area contributed by atoms with Crippen molar-refractivity contribution in [1.29, 1.82) is 0 Å². The molecule has 7 heteroatoms. The average Bonchev–Trinajstić information content (AvgIpc) is 3.15. The van der Waals surface area contributed by atoms with E-state index >= 15 is 0 Å². The summed E-state index contributed by atoms with van der Waals surface area (Å²) < 4.78 is 5.73. The number of anilines is 1. The molecule has 1 heterocycles. The summed E-state index contributed by atoms with van der Waals surface area (Å²) in [5, 5.41) is 20.5. The molecule has 2 N–H and O–H groups in total. The highest BCUT2D eigenvalue weighted by Crippen LogP contribution is 2.42. The highest BCUT2D eigenvalue weighted by atomic mass is 16.5. The lowest BCUT2D eigenvalue weighted by molar-refractivity contribution is -0.136. The average molecular weight is 500 g/mol. The minimum atomic E-state index is -0.964. The fraction of sp³-hybridized carbons (Fsp3) is 0.233. The molecule has 1 atom stereocenters. The number of amides is 1. The van der Waals surface area contributed by atoms with Gasteiger partial charge in [0.25, 0.3) is 11.7 Å². The number of aliphatic hydroxyl groups excluding tert-OH is 1. The Morgan fingerprint density at radius 1 is 0.973 bits per heavy atom. The number of aliphatic hydroxyl groups is 1. The molecule has 3 aromatic carbocycles. The van der Waals surface area contributed by atoms with Crippen LogP contribution in [0.2, 0.25) is 0 Å². The van der Waals surface area contributed by atoms with E-state index in [1.54, 1.807) is 66.7 Å². The van der Waals surface area contributed by atoms with Gasteiger partial charge in [0.15, 0.2) is 0 Å². The normalized spacial score (nSPS) is 16.9. The van der Waals surface area contributed by atoms with Crippen molar-refractivity contribution in [2.45, 2.75) is 39.2 Å². The largest absolute Gasteiger partial charge is 0.507 e. The summed E-state index contributed by atoms with van der Waals surface area (Å²) in [6, 6.07) is 19.9. The van der Waals surface area contributed by atoms with Gasteiger partial charge < -0.3 is 14.9 Å². The topological polar surface area (TPSA) is 104 Å². The van der Waals surface area contributed by atoms with Gasteiger partial charge in [-0.25, -0.2) is 0 Å². The first kappa shape index (κ1) is 25.7. The van der Waals surface area contributed by atoms with Crippen LogP contribution in [0.4, 0.5) is 5.69 Å². The molecule has 0 aromatic heterocycles. The minimum Gasteiger partial charge on any atom is -0.507 e. The van der Waals surface area contributed by atoms with Crippen molar-refractivity contribution < 1.29 is 29.3 Å². The molecule has 0 bridgehead atoms. The summed E-state index contributed by atoms with van der Waals surface area (Å²) in [7, 11) is 0. The summed E-state index contributed by atoms with van der Waals surface area (Å²) >= 11 is 0. The molecule has 0 aliphatic carbocycles. The van der Waals surface area contributed by atoms with Crippen LogP contribution in [0.25, 0.3) is 5.76 Å². The molecule has 0 spiro atoms. The minimum absolute atomic E-state index is 0.00956. The number of nitrogens with zero attached hydrogens (tertiary/aromatic N) is 1. The third-order valence-corrected chi connectivity index (χ3v) is 6.33. The Labute approximate surface area is 215 Å². The van der Waals surface area contributed by atoms with E-state index in [2.05, 4.69) is 0 Å². The van der Waals surface area contributed by atoms with Crippen LogP contribution in [0, 0.1) is 0 Å². The molecule has 190 valence electrons. The van der Waals surface area contributed by atoms with Crippen molar-refractivity contribution in [2.75, 3.05) is 11.5 Å². The van der Waals surface area contributed by atoms with Crippen molar-refractivity contribution in [3.05, 3.63) is 101 Å². The predicted octanol–water partition coefficient (Wildman–Crippen LogP) is 5.46. The van der Waals surface area contributed by atoms with Crippen LogP contribution in [-0.2, 0) is 20.8 Å². The molecule has 3 aromatic rings. The van der Waals surface area contributed by atoms with Crippen LogP contribution in [0.15, 0.2) is 78.4 Å². The summed E-state index contributed by atoms with van der Waals surface area (Å²) in [6.07, 6.45) is -0.156. The van der Waals surface area contributed by atoms with Crippen LogP contribution in [0.1, 0.15) is 55.0 Å². The molecule has 1 fully saturated rings. The van der Waals surface area contributed by atoms with E-state index in [9.17, 15) is 19.5 Å². The number of hydrogen-bond donors (Lipinski definition) is 2. The molecule has 1 saturated heterocycles. The Balaban J connectivity index is 1.86. The molecule has 7 nitrogen and oxygen atoms in total. The van der Waals surface area contributed by atoms with Gasteiger partial charge in [-0.1, -0.05) is 56.3 Å². The van der Waals surface area contributed by atoms with Gasteiger partial charge in [0, 0.05) is 11.3 Å². The van der Waals surface area contributed by atoms with E-state index in [1.807, 2.05) is 26.8 Å².